The molecular weight excluding hydrogens is 344 g/mol. The predicted molar refractivity (Wildman–Crippen MR) is 117 cm³/mol. The number of nitrogens with zero attached hydrogens (tertiary/aromatic N) is 2. The van der Waals surface area contributed by atoms with E-state index in [1.165, 1.54) is 48.9 Å². The molecule has 1 aliphatic heterocycles. The van der Waals surface area contributed by atoms with Crippen LogP contribution < -0.4 is 4.90 Å². The van der Waals surface area contributed by atoms with Gasteiger partial charge in [0.05, 0.1) is 12.7 Å². The SMILES string of the molecule is CN(c1ccc(C2CN(C=Cc3ccccc3)CCO2)cc1)C1CCCCC1. The number of ether oxygens (including phenoxy) is 1. The van der Waals surface area contributed by atoms with Gasteiger partial charge in [0.1, 0.15) is 0 Å². The lowest BCUT2D eigenvalue weighted by Gasteiger charge is -2.34. The molecule has 1 aliphatic carbocycles. The quantitative estimate of drug-likeness (QED) is 0.685. The van der Waals surface area contributed by atoms with Crippen LogP contribution >= 0.6 is 0 Å². The summed E-state index contributed by atoms with van der Waals surface area (Å²) >= 11 is 0. The summed E-state index contributed by atoms with van der Waals surface area (Å²) in [4.78, 5) is 4.84. The summed E-state index contributed by atoms with van der Waals surface area (Å²) in [6.45, 7) is 2.62. The summed E-state index contributed by atoms with van der Waals surface area (Å²) in [6, 6.07) is 20.2. The summed E-state index contributed by atoms with van der Waals surface area (Å²) in [5.41, 5.74) is 3.84. The van der Waals surface area contributed by atoms with Gasteiger partial charge in [0.15, 0.2) is 0 Å². The molecule has 1 heterocycles. The molecule has 0 spiro atoms. The maximum atomic E-state index is 6.07. The van der Waals surface area contributed by atoms with Gasteiger partial charge in [-0.2, -0.15) is 0 Å². The van der Waals surface area contributed by atoms with Gasteiger partial charge in [-0.15, -0.1) is 0 Å². The molecule has 0 aromatic heterocycles. The number of hydrogen-bond acceptors (Lipinski definition) is 3. The zero-order chi connectivity index (χ0) is 19.2. The van der Waals surface area contributed by atoms with Crippen LogP contribution in [0, 0.1) is 0 Å². The minimum absolute atomic E-state index is 0.142. The van der Waals surface area contributed by atoms with E-state index in [9.17, 15) is 0 Å². The van der Waals surface area contributed by atoms with Gasteiger partial charge in [0.25, 0.3) is 0 Å². The Morgan fingerprint density at radius 1 is 0.964 bits per heavy atom. The first-order valence-electron chi connectivity index (χ1n) is 10.7. The molecule has 148 valence electrons. The van der Waals surface area contributed by atoms with Crippen molar-refractivity contribution >= 4 is 11.8 Å². The highest BCUT2D eigenvalue weighted by atomic mass is 16.5. The Kier molecular flexibility index (Phi) is 6.33. The normalized spacial score (nSPS) is 21.2. The number of benzene rings is 2. The average molecular weight is 377 g/mol. The molecule has 28 heavy (non-hydrogen) atoms. The highest BCUT2D eigenvalue weighted by Crippen LogP contribution is 2.28. The van der Waals surface area contributed by atoms with Crippen LogP contribution in [0.1, 0.15) is 49.3 Å². The highest BCUT2D eigenvalue weighted by molar-refractivity contribution is 5.49. The summed E-state index contributed by atoms with van der Waals surface area (Å²) in [5, 5.41) is 0. The van der Waals surface area contributed by atoms with Crippen molar-refractivity contribution in [2.75, 3.05) is 31.6 Å². The molecule has 0 N–H and O–H groups in total. The molecular formula is C25H32N2O. The first-order valence-corrected chi connectivity index (χ1v) is 10.7. The van der Waals surface area contributed by atoms with Gasteiger partial charge in [0, 0.05) is 31.9 Å². The van der Waals surface area contributed by atoms with Crippen molar-refractivity contribution < 1.29 is 4.74 Å². The molecule has 1 saturated carbocycles. The van der Waals surface area contributed by atoms with Crippen molar-refractivity contribution in [3.63, 3.8) is 0 Å². The van der Waals surface area contributed by atoms with Gasteiger partial charge in [-0.1, -0.05) is 61.7 Å². The predicted octanol–water partition coefficient (Wildman–Crippen LogP) is 5.50. The molecule has 1 unspecified atom stereocenters. The van der Waals surface area contributed by atoms with Crippen LogP contribution in [0.2, 0.25) is 0 Å². The molecule has 2 aromatic rings. The van der Waals surface area contributed by atoms with Gasteiger partial charge in [-0.05, 0) is 48.4 Å². The van der Waals surface area contributed by atoms with Crippen molar-refractivity contribution in [3.05, 3.63) is 71.9 Å². The van der Waals surface area contributed by atoms with Crippen molar-refractivity contribution in [2.24, 2.45) is 0 Å². The third-order valence-corrected chi connectivity index (χ3v) is 6.17. The Morgan fingerprint density at radius 2 is 1.71 bits per heavy atom. The van der Waals surface area contributed by atoms with Crippen LogP contribution in [0.3, 0.4) is 0 Å². The first-order chi connectivity index (χ1) is 13.8. The van der Waals surface area contributed by atoms with Crippen LogP contribution in [-0.4, -0.2) is 37.7 Å². The zero-order valence-corrected chi connectivity index (χ0v) is 17.0. The van der Waals surface area contributed by atoms with E-state index in [1.807, 2.05) is 0 Å². The van der Waals surface area contributed by atoms with E-state index >= 15 is 0 Å². The van der Waals surface area contributed by atoms with Crippen molar-refractivity contribution in [2.45, 2.75) is 44.2 Å². The number of hydrogen-bond donors (Lipinski definition) is 0. The molecule has 2 fully saturated rings. The van der Waals surface area contributed by atoms with Gasteiger partial charge in [-0.3, -0.25) is 0 Å². The van der Waals surface area contributed by atoms with Crippen molar-refractivity contribution in [1.82, 2.24) is 4.90 Å². The maximum absolute atomic E-state index is 6.07. The molecule has 2 aromatic carbocycles. The van der Waals surface area contributed by atoms with Crippen LogP contribution in [0.15, 0.2) is 60.8 Å². The summed E-state index contributed by atoms with van der Waals surface area (Å²) in [6.07, 6.45) is 11.3. The van der Waals surface area contributed by atoms with Crippen LogP contribution in [0.25, 0.3) is 6.08 Å². The van der Waals surface area contributed by atoms with E-state index in [0.717, 1.165) is 19.7 Å². The van der Waals surface area contributed by atoms with E-state index in [-0.39, 0.29) is 6.10 Å². The summed E-state index contributed by atoms with van der Waals surface area (Å²) < 4.78 is 6.07. The Balaban J connectivity index is 1.37. The molecule has 3 heteroatoms. The van der Waals surface area contributed by atoms with Crippen LogP contribution in [0.4, 0.5) is 5.69 Å². The molecule has 1 saturated heterocycles. The van der Waals surface area contributed by atoms with Gasteiger partial charge in [-0.25, -0.2) is 0 Å². The Hall–Kier alpha value is -2.26. The third kappa shape index (κ3) is 4.77. The van der Waals surface area contributed by atoms with Crippen molar-refractivity contribution in [3.8, 4) is 0 Å². The van der Waals surface area contributed by atoms with E-state index in [0.29, 0.717) is 6.04 Å². The number of anilines is 1. The fourth-order valence-electron chi connectivity index (χ4n) is 4.37. The highest BCUT2D eigenvalue weighted by Gasteiger charge is 2.21. The Labute approximate surface area is 169 Å². The standard InChI is InChI=1S/C25H32N2O/c1-26(23-10-6-3-7-11-23)24-14-12-22(13-15-24)25-20-27(18-19-28-25)17-16-21-8-4-2-5-9-21/h2,4-5,8-9,12-17,23,25H,3,6-7,10-11,18-20H2,1H3. The Morgan fingerprint density at radius 3 is 2.46 bits per heavy atom. The Bertz CT molecular complexity index is 750. The second-order valence-electron chi connectivity index (χ2n) is 8.08. The minimum Gasteiger partial charge on any atom is -0.372 e. The number of rotatable bonds is 5. The average Bonchev–Trinajstić information content (AvgIpc) is 2.79. The second-order valence-corrected chi connectivity index (χ2v) is 8.08. The lowest BCUT2D eigenvalue weighted by Crippen LogP contribution is -2.35. The van der Waals surface area contributed by atoms with Gasteiger partial charge in [0.2, 0.25) is 0 Å². The third-order valence-electron chi connectivity index (χ3n) is 6.17. The van der Waals surface area contributed by atoms with Crippen LogP contribution in [-0.2, 0) is 4.74 Å². The molecule has 0 radical (unpaired) electrons. The minimum atomic E-state index is 0.142. The summed E-state index contributed by atoms with van der Waals surface area (Å²) in [5.74, 6) is 0. The fourth-order valence-corrected chi connectivity index (χ4v) is 4.37. The lowest BCUT2D eigenvalue weighted by atomic mass is 9.94. The van der Waals surface area contributed by atoms with Gasteiger partial charge < -0.3 is 14.5 Å². The first kappa shape index (κ1) is 19.1. The van der Waals surface area contributed by atoms with Crippen molar-refractivity contribution in [1.29, 1.82) is 0 Å². The monoisotopic (exact) mass is 376 g/mol. The maximum Gasteiger partial charge on any atom is 0.1000 e. The molecule has 0 bridgehead atoms. The smallest absolute Gasteiger partial charge is 0.1000 e. The molecule has 2 aliphatic rings. The lowest BCUT2D eigenvalue weighted by molar-refractivity contribution is -0.0135. The summed E-state index contributed by atoms with van der Waals surface area (Å²) in [7, 11) is 2.25. The molecule has 3 nitrogen and oxygen atoms in total. The van der Waals surface area contributed by atoms with E-state index < -0.39 is 0 Å². The number of morpholine rings is 1. The van der Waals surface area contributed by atoms with Crippen LogP contribution in [0.5, 0.6) is 0 Å². The molecule has 4 rings (SSSR count). The second kappa shape index (κ2) is 9.29. The van der Waals surface area contributed by atoms with E-state index in [2.05, 4.69) is 83.7 Å². The zero-order valence-electron chi connectivity index (χ0n) is 17.0. The van der Waals surface area contributed by atoms with E-state index in [1.54, 1.807) is 0 Å². The van der Waals surface area contributed by atoms with Gasteiger partial charge >= 0.3 is 0 Å². The topological polar surface area (TPSA) is 15.7 Å². The molecule has 0 amide bonds. The molecule has 1 atom stereocenters. The van der Waals surface area contributed by atoms with E-state index in [4.69, 9.17) is 4.74 Å². The largest absolute Gasteiger partial charge is 0.372 e. The fraction of sp³-hybridized carbons (Fsp3) is 0.440.